The third kappa shape index (κ3) is 9.22. The van der Waals surface area contributed by atoms with Gasteiger partial charge >= 0.3 is 6.18 Å². The molecule has 0 aromatic heterocycles. The quantitative estimate of drug-likeness (QED) is 0.203. The highest BCUT2D eigenvalue weighted by molar-refractivity contribution is 6.75. The second-order valence-corrected chi connectivity index (χ2v) is 24.0. The fourth-order valence-electron chi connectivity index (χ4n) is 3.65. The summed E-state index contributed by atoms with van der Waals surface area (Å²) in [6.07, 6.45) is -4.41. The van der Waals surface area contributed by atoms with Crippen LogP contribution in [0.1, 0.15) is 69.4 Å². The molecule has 0 aliphatic heterocycles. The molecule has 0 heterocycles. The highest BCUT2D eigenvalue weighted by Gasteiger charge is 2.42. The lowest BCUT2D eigenvalue weighted by Crippen LogP contribution is -2.45. The molecule has 0 fully saturated rings. The molecule has 0 amide bonds. The third-order valence-electron chi connectivity index (χ3n) is 8.71. The lowest BCUT2D eigenvalue weighted by atomic mass is 10.0. The molecule has 0 unspecified atom stereocenters. The van der Waals surface area contributed by atoms with E-state index in [1.165, 1.54) is 12.1 Å². The van der Waals surface area contributed by atoms with E-state index >= 15 is 0 Å². The van der Waals surface area contributed by atoms with Crippen molar-refractivity contribution in [1.29, 1.82) is 0 Å². The minimum absolute atomic E-state index is 0.0532. The van der Waals surface area contributed by atoms with E-state index in [1.807, 2.05) is 55.4 Å². The van der Waals surface area contributed by atoms with Gasteiger partial charge in [0.05, 0.1) is 5.56 Å². The van der Waals surface area contributed by atoms with Gasteiger partial charge in [-0.3, -0.25) is 0 Å². The van der Waals surface area contributed by atoms with Crippen LogP contribution in [-0.2, 0) is 6.18 Å². The van der Waals surface area contributed by atoms with Gasteiger partial charge in [0, 0.05) is 42.0 Å². The highest BCUT2D eigenvalue weighted by Crippen LogP contribution is 2.44. The average Bonchev–Trinajstić information content (AvgIpc) is 2.90. The summed E-state index contributed by atoms with van der Waals surface area (Å²) in [6.45, 7) is 21.9. The molecule has 3 aromatic rings. The summed E-state index contributed by atoms with van der Waals surface area (Å²) in [7, 11) is -0.604. The monoisotopic (exact) mass is 649 g/mol. The summed E-state index contributed by atoms with van der Waals surface area (Å²) in [6, 6.07) is 16.6. The van der Waals surface area contributed by atoms with Crippen molar-refractivity contribution in [3.05, 3.63) is 88.5 Å². The zero-order valence-electron chi connectivity index (χ0n) is 28.7. The summed E-state index contributed by atoms with van der Waals surface area (Å²) in [4.78, 5) is 2.03. The molecule has 3 aromatic carbocycles. The Hall–Kier alpha value is -3.60. The number of alkyl halides is 3. The van der Waals surface area contributed by atoms with Gasteiger partial charge in [-0.15, -0.1) is 0 Å². The number of benzene rings is 3. The Morgan fingerprint density at radius 2 is 0.933 bits per heavy atom. The Kier molecular flexibility index (Phi) is 10.4. The molecule has 0 aliphatic rings. The molecule has 0 radical (unpaired) electrons. The van der Waals surface area contributed by atoms with Gasteiger partial charge < -0.3 is 13.8 Å². The molecular formula is C37H46F3NO2Si2. The third-order valence-corrected chi connectivity index (χ3v) is 17.4. The Labute approximate surface area is 270 Å². The molecule has 0 atom stereocenters. The van der Waals surface area contributed by atoms with Crippen molar-refractivity contribution in [3.63, 3.8) is 0 Å². The fraction of sp³-hybridized carbons (Fsp3) is 0.405. The number of rotatable bonds is 5. The van der Waals surface area contributed by atoms with Crippen LogP contribution in [0.2, 0.25) is 36.3 Å². The van der Waals surface area contributed by atoms with E-state index in [2.05, 4.69) is 91.4 Å². The maximum absolute atomic E-state index is 13.1. The summed E-state index contributed by atoms with van der Waals surface area (Å²) < 4.78 is 53.1. The summed E-state index contributed by atoms with van der Waals surface area (Å²) in [5.74, 6) is 14.0. The van der Waals surface area contributed by atoms with E-state index in [0.717, 1.165) is 23.4 Å². The van der Waals surface area contributed by atoms with Gasteiger partial charge in [-0.2, -0.15) is 13.2 Å². The van der Waals surface area contributed by atoms with E-state index in [9.17, 15) is 13.2 Å². The molecule has 240 valence electrons. The Balaban J connectivity index is 2.24. The molecule has 0 spiro atoms. The normalized spacial score (nSPS) is 12.4. The van der Waals surface area contributed by atoms with Crippen molar-refractivity contribution in [1.82, 2.24) is 0 Å². The Morgan fingerprint density at radius 1 is 0.578 bits per heavy atom. The SMILES string of the molecule is CN(C)c1ccc(C#Cc2cc(O[Si](C)(C)C(C)(C)C)c(O[Si](C)(C)C(C)(C)C)cc2C#Cc2ccc(C(F)(F)F)cc2)cc1. The first kappa shape index (κ1) is 35.9. The zero-order valence-corrected chi connectivity index (χ0v) is 30.7. The summed E-state index contributed by atoms with van der Waals surface area (Å²) in [5, 5.41) is -0.118. The van der Waals surface area contributed by atoms with Gasteiger partial charge in [0.1, 0.15) is 11.5 Å². The molecular weight excluding hydrogens is 604 g/mol. The zero-order chi connectivity index (χ0) is 34.0. The minimum atomic E-state index is -4.41. The molecule has 45 heavy (non-hydrogen) atoms. The highest BCUT2D eigenvalue weighted by atomic mass is 28.4. The van der Waals surface area contributed by atoms with E-state index in [-0.39, 0.29) is 10.1 Å². The van der Waals surface area contributed by atoms with Gasteiger partial charge in [0.15, 0.2) is 0 Å². The van der Waals surface area contributed by atoms with Crippen LogP contribution >= 0.6 is 0 Å². The van der Waals surface area contributed by atoms with Crippen molar-refractivity contribution in [2.24, 2.45) is 0 Å². The van der Waals surface area contributed by atoms with E-state index in [4.69, 9.17) is 8.85 Å². The largest absolute Gasteiger partial charge is 0.541 e. The first-order valence-corrected chi connectivity index (χ1v) is 20.9. The standard InChI is InChI=1S/C37H46F3NO2Si2/c1-35(2,3)44(9,10)42-33-25-29(19-13-27-15-21-31(22-16-27)37(38,39)40)30(26-34(33)43-45(11,12)36(4,5)6)20-14-28-17-23-32(24-18-28)41(7)8/h15-18,21-26H,1-12H3. The Morgan fingerprint density at radius 3 is 1.24 bits per heavy atom. The maximum Gasteiger partial charge on any atom is 0.416 e. The van der Waals surface area contributed by atoms with Crippen molar-refractivity contribution in [2.45, 2.75) is 84.0 Å². The lowest BCUT2D eigenvalue weighted by Gasteiger charge is -2.39. The van der Waals surface area contributed by atoms with Gasteiger partial charge in [0.25, 0.3) is 16.6 Å². The number of halogens is 3. The van der Waals surface area contributed by atoms with Gasteiger partial charge in [-0.1, -0.05) is 65.2 Å². The minimum Gasteiger partial charge on any atom is -0.541 e. The number of anilines is 1. The van der Waals surface area contributed by atoms with Crippen molar-refractivity contribution in [2.75, 3.05) is 19.0 Å². The van der Waals surface area contributed by atoms with E-state index < -0.39 is 28.4 Å². The lowest BCUT2D eigenvalue weighted by molar-refractivity contribution is -0.137. The van der Waals surface area contributed by atoms with E-state index in [1.54, 1.807) is 0 Å². The Bertz CT molecular complexity index is 1620. The second kappa shape index (κ2) is 13.0. The molecule has 3 rings (SSSR count). The molecule has 0 N–H and O–H groups in total. The first-order chi connectivity index (χ1) is 20.5. The van der Waals surface area contributed by atoms with Crippen LogP contribution in [-0.4, -0.2) is 30.7 Å². The second-order valence-electron chi connectivity index (χ2n) is 14.6. The number of hydrogen-bond acceptors (Lipinski definition) is 3. The maximum atomic E-state index is 13.1. The number of hydrogen-bond donors (Lipinski definition) is 0. The van der Waals surface area contributed by atoms with Crippen LogP contribution in [0.4, 0.5) is 18.9 Å². The van der Waals surface area contributed by atoms with Crippen LogP contribution in [0.3, 0.4) is 0 Å². The van der Waals surface area contributed by atoms with Crippen LogP contribution in [0.15, 0.2) is 60.7 Å². The van der Waals surface area contributed by atoms with Crippen LogP contribution < -0.4 is 13.8 Å². The van der Waals surface area contributed by atoms with Crippen molar-refractivity contribution in [3.8, 4) is 35.2 Å². The van der Waals surface area contributed by atoms with Crippen molar-refractivity contribution >= 4 is 22.3 Å². The molecule has 0 aliphatic carbocycles. The topological polar surface area (TPSA) is 21.7 Å². The molecule has 8 heteroatoms. The van der Waals surface area contributed by atoms with E-state index in [0.29, 0.717) is 28.2 Å². The number of nitrogens with zero attached hydrogens (tertiary/aromatic N) is 1. The predicted molar refractivity (Wildman–Crippen MR) is 186 cm³/mol. The summed E-state index contributed by atoms with van der Waals surface area (Å²) >= 11 is 0. The molecule has 0 saturated heterocycles. The van der Waals surface area contributed by atoms with Gasteiger partial charge in [-0.25, -0.2) is 0 Å². The predicted octanol–water partition coefficient (Wildman–Crippen LogP) is 10.3. The average molecular weight is 650 g/mol. The smallest absolute Gasteiger partial charge is 0.416 e. The van der Waals surface area contributed by atoms with Gasteiger partial charge in [0.2, 0.25) is 0 Å². The van der Waals surface area contributed by atoms with Crippen molar-refractivity contribution < 1.29 is 22.0 Å². The fourth-order valence-corrected chi connectivity index (χ4v) is 5.68. The first-order valence-electron chi connectivity index (χ1n) is 15.0. The van der Waals surface area contributed by atoms with Gasteiger partial charge in [-0.05, 0) is 96.9 Å². The van der Waals surface area contributed by atoms with Crippen LogP contribution in [0, 0.1) is 23.7 Å². The summed E-state index contributed by atoms with van der Waals surface area (Å²) in [5.41, 5.74) is 2.94. The van der Waals surface area contributed by atoms with Crippen LogP contribution in [0.25, 0.3) is 0 Å². The molecule has 0 bridgehead atoms. The molecule has 3 nitrogen and oxygen atoms in total. The molecule has 0 saturated carbocycles. The van der Waals surface area contributed by atoms with Crippen LogP contribution in [0.5, 0.6) is 11.5 Å².